The molecule has 0 atom stereocenters. The zero-order valence-electron chi connectivity index (χ0n) is 6.81. The molecule has 0 saturated carbocycles. The molecule has 1 heterocycles. The maximum atomic E-state index is 11.7. The standard InChI is InChI=1S/C8H11F2NO/c1-6-2-3-12-7(6)4-11-5-8(9)10/h2-3,8,11H,4-5H2,1H3. The predicted octanol–water partition coefficient (Wildman–Crippen LogP) is 1.94. The molecule has 1 N–H and O–H groups in total. The summed E-state index contributed by atoms with van der Waals surface area (Å²) in [5, 5.41) is 2.58. The fourth-order valence-electron chi connectivity index (χ4n) is 0.880. The van der Waals surface area contributed by atoms with E-state index in [9.17, 15) is 8.78 Å². The van der Waals surface area contributed by atoms with Crippen LogP contribution in [0.15, 0.2) is 16.7 Å². The van der Waals surface area contributed by atoms with Gasteiger partial charge in [-0.05, 0) is 18.6 Å². The first-order valence-corrected chi connectivity index (χ1v) is 3.72. The normalized spacial score (nSPS) is 11.0. The van der Waals surface area contributed by atoms with E-state index in [-0.39, 0.29) is 6.54 Å². The first-order chi connectivity index (χ1) is 5.70. The summed E-state index contributed by atoms with van der Waals surface area (Å²) in [6.07, 6.45) is -0.755. The number of furan rings is 1. The van der Waals surface area contributed by atoms with Crippen molar-refractivity contribution >= 4 is 0 Å². The van der Waals surface area contributed by atoms with Crippen LogP contribution in [0.4, 0.5) is 8.78 Å². The van der Waals surface area contributed by atoms with Gasteiger partial charge in [-0.25, -0.2) is 8.78 Å². The molecule has 12 heavy (non-hydrogen) atoms. The van der Waals surface area contributed by atoms with Gasteiger partial charge < -0.3 is 9.73 Å². The second kappa shape index (κ2) is 4.21. The molecule has 68 valence electrons. The fourth-order valence-corrected chi connectivity index (χ4v) is 0.880. The van der Waals surface area contributed by atoms with E-state index in [4.69, 9.17) is 4.42 Å². The molecule has 0 spiro atoms. The average molecular weight is 175 g/mol. The van der Waals surface area contributed by atoms with E-state index in [1.807, 2.05) is 6.92 Å². The van der Waals surface area contributed by atoms with Gasteiger partial charge in [0.1, 0.15) is 5.76 Å². The molecule has 1 aromatic rings. The van der Waals surface area contributed by atoms with Gasteiger partial charge in [0.25, 0.3) is 6.43 Å². The summed E-state index contributed by atoms with van der Waals surface area (Å²) in [7, 11) is 0. The molecule has 0 bridgehead atoms. The van der Waals surface area contributed by atoms with Crippen molar-refractivity contribution in [3.05, 3.63) is 23.7 Å². The van der Waals surface area contributed by atoms with Crippen LogP contribution in [0, 0.1) is 6.92 Å². The van der Waals surface area contributed by atoms with Crippen molar-refractivity contribution in [2.45, 2.75) is 19.9 Å². The Morgan fingerprint density at radius 1 is 1.58 bits per heavy atom. The number of rotatable bonds is 4. The molecule has 1 rings (SSSR count). The zero-order valence-corrected chi connectivity index (χ0v) is 6.81. The van der Waals surface area contributed by atoms with E-state index in [0.717, 1.165) is 11.3 Å². The molecule has 0 unspecified atom stereocenters. The second-order valence-corrected chi connectivity index (χ2v) is 2.55. The van der Waals surface area contributed by atoms with Crippen LogP contribution in [0.25, 0.3) is 0 Å². The van der Waals surface area contributed by atoms with Crippen molar-refractivity contribution in [2.75, 3.05) is 6.54 Å². The number of hydrogen-bond donors (Lipinski definition) is 1. The molecular weight excluding hydrogens is 164 g/mol. The van der Waals surface area contributed by atoms with Crippen LogP contribution in [0.3, 0.4) is 0 Å². The van der Waals surface area contributed by atoms with Gasteiger partial charge in [-0.3, -0.25) is 0 Å². The highest BCUT2D eigenvalue weighted by Gasteiger charge is 2.04. The SMILES string of the molecule is Cc1ccoc1CNCC(F)F. The smallest absolute Gasteiger partial charge is 0.250 e. The number of aryl methyl sites for hydroxylation is 1. The van der Waals surface area contributed by atoms with E-state index in [0.29, 0.717) is 6.54 Å². The van der Waals surface area contributed by atoms with Gasteiger partial charge in [0.2, 0.25) is 0 Å². The number of hydrogen-bond acceptors (Lipinski definition) is 2. The maximum absolute atomic E-state index is 11.7. The lowest BCUT2D eigenvalue weighted by Gasteiger charge is -2.01. The maximum Gasteiger partial charge on any atom is 0.250 e. The largest absolute Gasteiger partial charge is 0.468 e. The van der Waals surface area contributed by atoms with Gasteiger partial charge in [-0.2, -0.15) is 0 Å². The van der Waals surface area contributed by atoms with Crippen LogP contribution in [0.2, 0.25) is 0 Å². The molecule has 0 saturated heterocycles. The van der Waals surface area contributed by atoms with Crippen LogP contribution >= 0.6 is 0 Å². The quantitative estimate of drug-likeness (QED) is 0.756. The van der Waals surface area contributed by atoms with Crippen molar-refractivity contribution in [3.8, 4) is 0 Å². The molecule has 1 aromatic heterocycles. The van der Waals surface area contributed by atoms with Gasteiger partial charge in [0.15, 0.2) is 0 Å². The Bertz CT molecular complexity index is 235. The Balaban J connectivity index is 2.29. The minimum atomic E-state index is -2.31. The van der Waals surface area contributed by atoms with E-state index in [1.54, 1.807) is 12.3 Å². The molecular formula is C8H11F2NO. The summed E-state index contributed by atoms with van der Waals surface area (Å²) in [5.41, 5.74) is 0.983. The molecule has 0 fully saturated rings. The average Bonchev–Trinajstić information content (AvgIpc) is 2.36. The molecule has 4 heteroatoms. The van der Waals surface area contributed by atoms with Crippen LogP contribution in [-0.2, 0) is 6.54 Å². The molecule has 0 aliphatic carbocycles. The Kier molecular flexibility index (Phi) is 3.22. The second-order valence-electron chi connectivity index (χ2n) is 2.55. The van der Waals surface area contributed by atoms with Crippen molar-refractivity contribution in [2.24, 2.45) is 0 Å². The van der Waals surface area contributed by atoms with Gasteiger partial charge in [0, 0.05) is 0 Å². The summed E-state index contributed by atoms with van der Waals surface area (Å²) in [6, 6.07) is 1.80. The molecule has 0 amide bonds. The topological polar surface area (TPSA) is 25.2 Å². The summed E-state index contributed by atoms with van der Waals surface area (Å²) in [6.45, 7) is 1.95. The van der Waals surface area contributed by atoms with Crippen LogP contribution in [0.5, 0.6) is 0 Å². The van der Waals surface area contributed by atoms with E-state index >= 15 is 0 Å². The lowest BCUT2D eigenvalue weighted by Crippen LogP contribution is -2.20. The molecule has 0 aliphatic heterocycles. The molecule has 2 nitrogen and oxygen atoms in total. The summed E-state index contributed by atoms with van der Waals surface area (Å²) in [5.74, 6) is 0.718. The molecule has 0 radical (unpaired) electrons. The van der Waals surface area contributed by atoms with Gasteiger partial charge in [0.05, 0.1) is 19.4 Å². The van der Waals surface area contributed by atoms with Crippen LogP contribution < -0.4 is 5.32 Å². The fraction of sp³-hybridized carbons (Fsp3) is 0.500. The van der Waals surface area contributed by atoms with Crippen LogP contribution in [-0.4, -0.2) is 13.0 Å². The highest BCUT2D eigenvalue weighted by Crippen LogP contribution is 2.07. The lowest BCUT2D eigenvalue weighted by molar-refractivity contribution is 0.144. The molecule has 0 aromatic carbocycles. The number of alkyl halides is 2. The predicted molar refractivity (Wildman–Crippen MR) is 41.2 cm³/mol. The van der Waals surface area contributed by atoms with Crippen molar-refractivity contribution in [1.82, 2.24) is 5.32 Å². The van der Waals surface area contributed by atoms with Crippen LogP contribution in [0.1, 0.15) is 11.3 Å². The highest BCUT2D eigenvalue weighted by atomic mass is 19.3. The minimum Gasteiger partial charge on any atom is -0.468 e. The summed E-state index contributed by atoms with van der Waals surface area (Å²) >= 11 is 0. The number of nitrogens with one attached hydrogen (secondary N) is 1. The summed E-state index contributed by atoms with van der Waals surface area (Å²) < 4.78 is 28.4. The van der Waals surface area contributed by atoms with E-state index < -0.39 is 6.43 Å². The highest BCUT2D eigenvalue weighted by molar-refractivity contribution is 5.13. The minimum absolute atomic E-state index is 0.292. The van der Waals surface area contributed by atoms with Crippen molar-refractivity contribution in [1.29, 1.82) is 0 Å². The third kappa shape index (κ3) is 2.62. The van der Waals surface area contributed by atoms with Gasteiger partial charge in [-0.15, -0.1) is 0 Å². The monoisotopic (exact) mass is 175 g/mol. The first-order valence-electron chi connectivity index (χ1n) is 3.72. The van der Waals surface area contributed by atoms with E-state index in [1.165, 1.54) is 0 Å². The van der Waals surface area contributed by atoms with Crippen molar-refractivity contribution < 1.29 is 13.2 Å². The Morgan fingerprint density at radius 2 is 2.33 bits per heavy atom. The first kappa shape index (κ1) is 9.19. The van der Waals surface area contributed by atoms with Gasteiger partial charge in [-0.1, -0.05) is 0 Å². The van der Waals surface area contributed by atoms with E-state index in [2.05, 4.69) is 5.32 Å². The third-order valence-electron chi connectivity index (χ3n) is 1.55. The Morgan fingerprint density at radius 3 is 2.83 bits per heavy atom. The third-order valence-corrected chi connectivity index (χ3v) is 1.55. The molecule has 0 aliphatic rings. The zero-order chi connectivity index (χ0) is 8.97. The van der Waals surface area contributed by atoms with Gasteiger partial charge >= 0.3 is 0 Å². The Hall–Kier alpha value is -0.900. The number of halogens is 2. The lowest BCUT2D eigenvalue weighted by atomic mass is 10.3. The summed E-state index contributed by atoms with van der Waals surface area (Å²) in [4.78, 5) is 0. The van der Waals surface area contributed by atoms with Crippen molar-refractivity contribution in [3.63, 3.8) is 0 Å². The Labute approximate surface area is 69.6 Å².